The van der Waals surface area contributed by atoms with E-state index in [1.54, 1.807) is 12.1 Å². The Morgan fingerprint density at radius 1 is 1.28 bits per heavy atom. The molecule has 1 aromatic rings. The summed E-state index contributed by atoms with van der Waals surface area (Å²) < 4.78 is 4.59. The van der Waals surface area contributed by atoms with Gasteiger partial charge in [-0.05, 0) is 31.5 Å². The number of amides is 1. The Morgan fingerprint density at radius 3 is 2.33 bits per heavy atom. The number of methoxy groups -OCH3 is 1. The molecule has 4 nitrogen and oxygen atoms in total. The minimum absolute atomic E-state index is 0.344. The van der Waals surface area contributed by atoms with Gasteiger partial charge in [0.2, 0.25) is 5.91 Å². The highest BCUT2D eigenvalue weighted by Crippen LogP contribution is 2.17. The van der Waals surface area contributed by atoms with Crippen molar-refractivity contribution in [3.05, 3.63) is 34.9 Å². The number of rotatable bonds is 4. The van der Waals surface area contributed by atoms with E-state index in [-0.39, 0.29) is 5.91 Å². The highest BCUT2D eigenvalue weighted by Gasteiger charge is 2.36. The van der Waals surface area contributed by atoms with Gasteiger partial charge in [0.25, 0.3) is 0 Å². The summed E-state index contributed by atoms with van der Waals surface area (Å²) in [6.07, 6.45) is 0. The molecule has 0 unspecified atom stereocenters. The quantitative estimate of drug-likeness (QED) is 0.673. The lowest BCUT2D eigenvalue weighted by molar-refractivity contribution is -0.156. The number of hydrogen-bond donors (Lipinski definition) is 1. The average Bonchev–Trinajstić information content (AvgIpc) is 2.36. The molecule has 1 amide bonds. The lowest BCUT2D eigenvalue weighted by Gasteiger charge is -2.20. The minimum atomic E-state index is -1.19. The topological polar surface area (TPSA) is 55.4 Å². The summed E-state index contributed by atoms with van der Waals surface area (Å²) in [5, 5.41) is 3.33. The number of esters is 1. The molecule has 0 bridgehead atoms. The molecule has 0 saturated heterocycles. The summed E-state index contributed by atoms with van der Waals surface area (Å²) in [6.45, 7) is 3.39. The molecule has 1 rings (SSSR count). The maximum Gasteiger partial charge on any atom is 0.320 e. The van der Waals surface area contributed by atoms with Gasteiger partial charge in [0.05, 0.1) is 7.11 Å². The average molecular weight is 270 g/mol. The second-order valence-corrected chi connectivity index (χ2v) is 4.86. The molecule has 0 aliphatic rings. The second-order valence-electron chi connectivity index (χ2n) is 4.43. The van der Waals surface area contributed by atoms with Crippen molar-refractivity contribution in [3.63, 3.8) is 0 Å². The highest BCUT2D eigenvalue weighted by molar-refractivity contribution is 6.30. The van der Waals surface area contributed by atoms with E-state index in [1.165, 1.54) is 21.0 Å². The number of benzene rings is 1. The van der Waals surface area contributed by atoms with Crippen LogP contribution in [0, 0.1) is 5.41 Å². The molecule has 0 saturated carbocycles. The maximum atomic E-state index is 11.9. The molecule has 0 fully saturated rings. The molecule has 0 aliphatic carbocycles. The smallest absolute Gasteiger partial charge is 0.320 e. The van der Waals surface area contributed by atoms with Gasteiger partial charge in [0.15, 0.2) is 0 Å². The third-order valence-electron chi connectivity index (χ3n) is 2.63. The molecule has 0 radical (unpaired) electrons. The third-order valence-corrected chi connectivity index (χ3v) is 2.88. The first-order chi connectivity index (χ1) is 8.37. The first kappa shape index (κ1) is 14.5. The van der Waals surface area contributed by atoms with E-state index in [0.717, 1.165) is 5.56 Å². The first-order valence-corrected chi connectivity index (χ1v) is 5.87. The molecule has 0 heterocycles. The number of halogens is 1. The monoisotopic (exact) mass is 269 g/mol. The van der Waals surface area contributed by atoms with E-state index < -0.39 is 11.4 Å². The van der Waals surface area contributed by atoms with Crippen LogP contribution in [0.25, 0.3) is 0 Å². The van der Waals surface area contributed by atoms with E-state index >= 15 is 0 Å². The van der Waals surface area contributed by atoms with Gasteiger partial charge >= 0.3 is 5.97 Å². The lowest BCUT2D eigenvalue weighted by Crippen LogP contribution is -2.42. The fourth-order valence-corrected chi connectivity index (χ4v) is 1.48. The first-order valence-electron chi connectivity index (χ1n) is 5.49. The fraction of sp³-hybridized carbons (Fsp3) is 0.385. The van der Waals surface area contributed by atoms with Crippen LogP contribution in [0.1, 0.15) is 19.4 Å². The van der Waals surface area contributed by atoms with E-state index in [0.29, 0.717) is 11.6 Å². The van der Waals surface area contributed by atoms with Crippen LogP contribution in [0.5, 0.6) is 0 Å². The van der Waals surface area contributed by atoms with Crippen molar-refractivity contribution in [2.75, 3.05) is 7.11 Å². The summed E-state index contributed by atoms with van der Waals surface area (Å²) in [5.74, 6) is -0.930. The molecule has 18 heavy (non-hydrogen) atoms. The second kappa shape index (κ2) is 5.87. The molecule has 0 spiro atoms. The van der Waals surface area contributed by atoms with Crippen molar-refractivity contribution < 1.29 is 14.3 Å². The van der Waals surface area contributed by atoms with Crippen LogP contribution in [-0.2, 0) is 20.9 Å². The van der Waals surface area contributed by atoms with E-state index in [4.69, 9.17) is 11.6 Å². The van der Waals surface area contributed by atoms with E-state index in [1.807, 2.05) is 12.1 Å². The molecule has 0 aliphatic heterocycles. The molecule has 1 N–H and O–H groups in total. The lowest BCUT2D eigenvalue weighted by atomic mass is 9.92. The van der Waals surface area contributed by atoms with E-state index in [9.17, 15) is 9.59 Å². The molecule has 1 aromatic carbocycles. The van der Waals surface area contributed by atoms with Gasteiger partial charge in [-0.3, -0.25) is 9.59 Å². The minimum Gasteiger partial charge on any atom is -0.468 e. The highest BCUT2D eigenvalue weighted by atomic mass is 35.5. The van der Waals surface area contributed by atoms with Gasteiger partial charge in [-0.25, -0.2) is 0 Å². The zero-order chi connectivity index (χ0) is 13.8. The molecule has 5 heteroatoms. The van der Waals surface area contributed by atoms with Gasteiger partial charge in [-0.1, -0.05) is 23.7 Å². The third kappa shape index (κ3) is 3.47. The van der Waals surface area contributed by atoms with Crippen LogP contribution < -0.4 is 5.32 Å². The van der Waals surface area contributed by atoms with Gasteiger partial charge in [-0.15, -0.1) is 0 Å². The van der Waals surface area contributed by atoms with Gasteiger partial charge in [0.1, 0.15) is 5.41 Å². The molecule has 98 valence electrons. The summed E-state index contributed by atoms with van der Waals surface area (Å²) in [7, 11) is 1.26. The van der Waals surface area contributed by atoms with Crippen LogP contribution in [0.3, 0.4) is 0 Å². The Balaban J connectivity index is 2.61. The largest absolute Gasteiger partial charge is 0.468 e. The Kier molecular flexibility index (Phi) is 4.73. The summed E-state index contributed by atoms with van der Waals surface area (Å²) in [5.41, 5.74) is -0.283. The van der Waals surface area contributed by atoms with Crippen LogP contribution in [-0.4, -0.2) is 19.0 Å². The predicted molar refractivity (Wildman–Crippen MR) is 69.1 cm³/mol. The normalized spacial score (nSPS) is 10.9. The summed E-state index contributed by atoms with van der Waals surface area (Å²) >= 11 is 5.76. The van der Waals surface area contributed by atoms with Gasteiger partial charge < -0.3 is 10.1 Å². The number of ether oxygens (including phenoxy) is 1. The number of carbonyl (C=O) groups is 2. The van der Waals surface area contributed by atoms with Crippen molar-refractivity contribution >= 4 is 23.5 Å². The SMILES string of the molecule is COC(=O)C(C)(C)C(=O)NCc1ccc(Cl)cc1. The Morgan fingerprint density at radius 2 is 1.83 bits per heavy atom. The molecule has 0 aromatic heterocycles. The van der Waals surface area contributed by atoms with E-state index in [2.05, 4.69) is 10.1 Å². The van der Waals surface area contributed by atoms with Crippen molar-refractivity contribution in [1.29, 1.82) is 0 Å². The Hall–Kier alpha value is -1.55. The number of hydrogen-bond acceptors (Lipinski definition) is 3. The molecular weight excluding hydrogens is 254 g/mol. The van der Waals surface area contributed by atoms with Crippen LogP contribution in [0.4, 0.5) is 0 Å². The maximum absolute atomic E-state index is 11.9. The van der Waals surface area contributed by atoms with Crippen molar-refractivity contribution in [1.82, 2.24) is 5.32 Å². The number of carbonyl (C=O) groups excluding carboxylic acids is 2. The van der Waals surface area contributed by atoms with Gasteiger partial charge in [-0.2, -0.15) is 0 Å². The molecule has 0 atom stereocenters. The zero-order valence-electron chi connectivity index (χ0n) is 10.6. The van der Waals surface area contributed by atoms with Crippen molar-refractivity contribution in [2.45, 2.75) is 20.4 Å². The summed E-state index contributed by atoms with van der Waals surface area (Å²) in [4.78, 5) is 23.3. The fourth-order valence-electron chi connectivity index (χ4n) is 1.35. The number of nitrogens with one attached hydrogen (secondary N) is 1. The molecular formula is C13H16ClNO3. The van der Waals surface area contributed by atoms with Crippen LogP contribution in [0.2, 0.25) is 5.02 Å². The predicted octanol–water partition coefficient (Wildman–Crippen LogP) is 2.16. The standard InChI is InChI=1S/C13H16ClNO3/c1-13(2,12(17)18-3)11(16)15-8-9-4-6-10(14)7-5-9/h4-7H,8H2,1-3H3,(H,15,16). The van der Waals surface area contributed by atoms with Crippen LogP contribution in [0.15, 0.2) is 24.3 Å². The van der Waals surface area contributed by atoms with Gasteiger partial charge in [0, 0.05) is 11.6 Å². The van der Waals surface area contributed by atoms with Crippen molar-refractivity contribution in [2.24, 2.45) is 5.41 Å². The van der Waals surface area contributed by atoms with Crippen LogP contribution >= 0.6 is 11.6 Å². The van der Waals surface area contributed by atoms with Crippen molar-refractivity contribution in [3.8, 4) is 0 Å². The summed E-state index contributed by atoms with van der Waals surface area (Å²) in [6, 6.07) is 7.12. The zero-order valence-corrected chi connectivity index (χ0v) is 11.4. The Bertz CT molecular complexity index is 440. The Labute approximate surface area is 111 Å².